The van der Waals surface area contributed by atoms with E-state index in [1.165, 1.54) is 0 Å². The van der Waals surface area contributed by atoms with E-state index in [2.05, 4.69) is 5.32 Å². The number of halogens is 3. The Morgan fingerprint density at radius 3 is 1.69 bits per heavy atom. The molecule has 0 radical (unpaired) electrons. The van der Waals surface area contributed by atoms with Gasteiger partial charge in [0, 0.05) is 11.4 Å². The second-order valence-corrected chi connectivity index (χ2v) is 5.78. The van der Waals surface area contributed by atoms with Crippen molar-refractivity contribution in [3.8, 4) is 0 Å². The number of allylic oxidation sites excluding steroid dienone is 2. The molecule has 0 fully saturated rings. The maximum absolute atomic E-state index is 12.8. The van der Waals surface area contributed by atoms with Gasteiger partial charge in [-0.2, -0.15) is 13.2 Å². The summed E-state index contributed by atoms with van der Waals surface area (Å²) in [4.78, 5) is 23.6. The SMILES string of the molecule is CCC1=C(C(=O)O)C(c2ccc(C(F)(F)F)cc2)C(C(=O)O)=C(CC)N1. The van der Waals surface area contributed by atoms with E-state index in [9.17, 15) is 33.0 Å². The van der Waals surface area contributed by atoms with Crippen molar-refractivity contribution >= 4 is 11.9 Å². The molecule has 26 heavy (non-hydrogen) atoms. The number of carbonyl (C=O) groups is 2. The molecule has 3 N–H and O–H groups in total. The van der Waals surface area contributed by atoms with Crippen LogP contribution in [0, 0.1) is 0 Å². The van der Waals surface area contributed by atoms with E-state index in [0.29, 0.717) is 24.2 Å². The number of hydrogen-bond acceptors (Lipinski definition) is 3. The third kappa shape index (κ3) is 3.58. The molecule has 0 aromatic heterocycles. The van der Waals surface area contributed by atoms with E-state index in [4.69, 9.17) is 0 Å². The predicted octanol–water partition coefficient (Wildman–Crippen LogP) is 3.89. The number of carboxylic acids is 2. The van der Waals surface area contributed by atoms with Crippen molar-refractivity contribution < 1.29 is 33.0 Å². The maximum Gasteiger partial charge on any atom is 0.416 e. The summed E-state index contributed by atoms with van der Waals surface area (Å²) in [5.74, 6) is -3.78. The van der Waals surface area contributed by atoms with Gasteiger partial charge in [0.1, 0.15) is 0 Å². The first-order valence-corrected chi connectivity index (χ1v) is 7.98. The largest absolute Gasteiger partial charge is 0.478 e. The highest BCUT2D eigenvalue weighted by Crippen LogP contribution is 2.40. The molecular weight excluding hydrogens is 351 g/mol. The van der Waals surface area contributed by atoms with Crippen LogP contribution in [0.15, 0.2) is 46.8 Å². The van der Waals surface area contributed by atoms with Crippen LogP contribution in [-0.2, 0) is 15.8 Å². The van der Waals surface area contributed by atoms with Gasteiger partial charge in [-0.1, -0.05) is 26.0 Å². The van der Waals surface area contributed by atoms with Crippen LogP contribution in [0.25, 0.3) is 0 Å². The molecule has 1 aliphatic rings. The summed E-state index contributed by atoms with van der Waals surface area (Å²) in [6.45, 7) is 3.43. The average molecular weight is 369 g/mol. The van der Waals surface area contributed by atoms with Gasteiger partial charge < -0.3 is 15.5 Å². The molecule has 2 rings (SSSR count). The molecule has 0 bridgehead atoms. The van der Waals surface area contributed by atoms with Gasteiger partial charge in [0.25, 0.3) is 0 Å². The van der Waals surface area contributed by atoms with Crippen LogP contribution in [0.1, 0.15) is 43.7 Å². The summed E-state index contributed by atoms with van der Waals surface area (Å²) in [6.07, 6.45) is -3.91. The van der Waals surface area contributed by atoms with Gasteiger partial charge in [0.15, 0.2) is 0 Å². The zero-order valence-corrected chi connectivity index (χ0v) is 14.1. The minimum absolute atomic E-state index is 0.165. The van der Waals surface area contributed by atoms with Gasteiger partial charge in [0.2, 0.25) is 0 Å². The summed E-state index contributed by atoms with van der Waals surface area (Å²) < 4.78 is 38.4. The zero-order valence-electron chi connectivity index (χ0n) is 14.1. The summed E-state index contributed by atoms with van der Waals surface area (Å²) in [7, 11) is 0. The lowest BCUT2D eigenvalue weighted by Gasteiger charge is -2.30. The van der Waals surface area contributed by atoms with Gasteiger partial charge >= 0.3 is 18.1 Å². The van der Waals surface area contributed by atoms with E-state index < -0.39 is 29.6 Å². The lowest BCUT2D eigenvalue weighted by Crippen LogP contribution is -2.32. The zero-order chi connectivity index (χ0) is 19.6. The molecule has 8 heteroatoms. The van der Waals surface area contributed by atoms with Crippen molar-refractivity contribution in [1.29, 1.82) is 0 Å². The molecular formula is C18H18F3NO4. The Labute approximate surface area is 147 Å². The Morgan fingerprint density at radius 1 is 0.962 bits per heavy atom. The van der Waals surface area contributed by atoms with Crippen molar-refractivity contribution in [2.45, 2.75) is 38.8 Å². The topological polar surface area (TPSA) is 86.6 Å². The molecule has 140 valence electrons. The third-order valence-electron chi connectivity index (χ3n) is 4.27. The molecule has 1 aromatic carbocycles. The Hall–Kier alpha value is -2.77. The molecule has 0 amide bonds. The van der Waals surface area contributed by atoms with Gasteiger partial charge in [-0.3, -0.25) is 0 Å². The number of aliphatic carboxylic acids is 2. The van der Waals surface area contributed by atoms with Gasteiger partial charge in [-0.25, -0.2) is 9.59 Å². The summed E-state index contributed by atoms with van der Waals surface area (Å²) in [6, 6.07) is 3.91. The van der Waals surface area contributed by atoms with E-state index in [-0.39, 0.29) is 16.7 Å². The standard InChI is InChI=1S/C18H18F3NO4/c1-3-11-14(16(23)24)13(15(17(25)26)12(4-2)22-11)9-5-7-10(8-6-9)18(19,20)21/h5-8,13,22H,3-4H2,1-2H3,(H,23,24)(H,25,26). The molecule has 1 aliphatic heterocycles. The molecule has 1 heterocycles. The highest BCUT2D eigenvalue weighted by atomic mass is 19.4. The second-order valence-electron chi connectivity index (χ2n) is 5.78. The number of hydrogen-bond donors (Lipinski definition) is 3. The van der Waals surface area contributed by atoms with E-state index in [0.717, 1.165) is 24.3 Å². The normalized spacial score (nSPS) is 15.9. The van der Waals surface area contributed by atoms with E-state index >= 15 is 0 Å². The van der Waals surface area contributed by atoms with Gasteiger partial charge in [-0.15, -0.1) is 0 Å². The number of benzene rings is 1. The fraction of sp³-hybridized carbons (Fsp3) is 0.333. The first-order valence-electron chi connectivity index (χ1n) is 7.98. The quantitative estimate of drug-likeness (QED) is 0.733. The van der Waals surface area contributed by atoms with E-state index in [1.54, 1.807) is 13.8 Å². The number of carboxylic acid groups (broad SMARTS) is 2. The summed E-state index contributed by atoms with van der Waals surface area (Å²) >= 11 is 0. The van der Waals surface area contributed by atoms with E-state index in [1.807, 2.05) is 0 Å². The Balaban J connectivity index is 2.69. The molecule has 0 aliphatic carbocycles. The lowest BCUT2D eigenvalue weighted by atomic mass is 9.79. The Kier molecular flexibility index (Phi) is 5.44. The molecule has 0 saturated heterocycles. The van der Waals surface area contributed by atoms with Crippen molar-refractivity contribution in [3.63, 3.8) is 0 Å². The minimum Gasteiger partial charge on any atom is -0.478 e. The average Bonchev–Trinajstić information content (AvgIpc) is 2.58. The van der Waals surface area contributed by atoms with Crippen molar-refractivity contribution in [2.75, 3.05) is 0 Å². The van der Waals surface area contributed by atoms with Crippen LogP contribution in [0.5, 0.6) is 0 Å². The Bertz CT molecular complexity index is 754. The maximum atomic E-state index is 12.8. The van der Waals surface area contributed by atoms with Crippen LogP contribution in [-0.4, -0.2) is 22.2 Å². The van der Waals surface area contributed by atoms with Gasteiger partial charge in [0.05, 0.1) is 22.6 Å². The Morgan fingerprint density at radius 2 is 1.38 bits per heavy atom. The first-order chi connectivity index (χ1) is 12.1. The molecule has 0 unspecified atom stereocenters. The summed E-state index contributed by atoms with van der Waals surface area (Å²) in [5, 5.41) is 22.1. The highest BCUT2D eigenvalue weighted by Gasteiger charge is 2.38. The predicted molar refractivity (Wildman–Crippen MR) is 87.2 cm³/mol. The van der Waals surface area contributed by atoms with Crippen molar-refractivity contribution in [3.05, 3.63) is 57.9 Å². The molecule has 0 spiro atoms. The molecule has 5 nitrogen and oxygen atoms in total. The fourth-order valence-corrected chi connectivity index (χ4v) is 3.07. The number of alkyl halides is 3. The van der Waals surface area contributed by atoms with Crippen LogP contribution in [0.4, 0.5) is 13.2 Å². The van der Waals surface area contributed by atoms with Crippen LogP contribution >= 0.6 is 0 Å². The number of dihydropyridines is 1. The fourth-order valence-electron chi connectivity index (χ4n) is 3.07. The minimum atomic E-state index is -4.53. The molecule has 0 saturated carbocycles. The number of nitrogens with one attached hydrogen (secondary N) is 1. The third-order valence-corrected chi connectivity index (χ3v) is 4.27. The number of rotatable bonds is 5. The van der Waals surface area contributed by atoms with Crippen molar-refractivity contribution in [2.24, 2.45) is 0 Å². The molecule has 0 atom stereocenters. The monoisotopic (exact) mass is 369 g/mol. The van der Waals surface area contributed by atoms with Gasteiger partial charge in [-0.05, 0) is 30.5 Å². The van der Waals surface area contributed by atoms with Crippen LogP contribution in [0.2, 0.25) is 0 Å². The first kappa shape index (κ1) is 19.6. The smallest absolute Gasteiger partial charge is 0.416 e. The lowest BCUT2D eigenvalue weighted by molar-refractivity contribution is -0.138. The van der Waals surface area contributed by atoms with Crippen LogP contribution in [0.3, 0.4) is 0 Å². The second kappa shape index (κ2) is 7.23. The van der Waals surface area contributed by atoms with Crippen molar-refractivity contribution in [1.82, 2.24) is 5.32 Å². The molecule has 1 aromatic rings. The summed E-state index contributed by atoms with van der Waals surface area (Å²) in [5.41, 5.74) is -0.327. The van der Waals surface area contributed by atoms with Crippen LogP contribution < -0.4 is 5.32 Å². The highest BCUT2D eigenvalue weighted by molar-refractivity contribution is 5.98.